The molecule has 2 heteroatoms. The zero-order valence-electron chi connectivity index (χ0n) is 6.39. The van der Waals surface area contributed by atoms with Gasteiger partial charge in [-0.05, 0) is 25.9 Å². The van der Waals surface area contributed by atoms with Crippen molar-refractivity contribution < 1.29 is 0 Å². The minimum atomic E-state index is 0.694. The van der Waals surface area contributed by atoms with Crippen LogP contribution in [-0.4, -0.2) is 18.2 Å². The second-order valence-electron chi connectivity index (χ2n) is 2.28. The Morgan fingerprint density at radius 3 is 2.22 bits per heavy atom. The van der Waals surface area contributed by atoms with Gasteiger partial charge in [-0.25, -0.2) is 0 Å². The molecule has 0 aromatic carbocycles. The molecular weight excluding hydrogens is 114 g/mol. The molecule has 0 bridgehead atoms. The van der Waals surface area contributed by atoms with Gasteiger partial charge in [-0.2, -0.15) is 0 Å². The molecule has 0 saturated carbocycles. The van der Waals surface area contributed by atoms with E-state index in [0.29, 0.717) is 13.1 Å². The first kappa shape index (κ1) is 8.92. The molecule has 0 heterocycles. The van der Waals surface area contributed by atoms with Crippen molar-refractivity contribution in [2.75, 3.05) is 13.1 Å². The molecule has 0 spiro atoms. The molecule has 0 fully saturated rings. The zero-order valence-corrected chi connectivity index (χ0v) is 6.39. The highest BCUT2D eigenvalue weighted by molar-refractivity contribution is 4.54. The summed E-state index contributed by atoms with van der Waals surface area (Å²) in [6.45, 7) is 5.53. The van der Waals surface area contributed by atoms with E-state index in [4.69, 9.17) is 0 Å². The lowest BCUT2D eigenvalue weighted by Crippen LogP contribution is -2.17. The molecule has 0 aromatic rings. The highest BCUT2D eigenvalue weighted by Gasteiger charge is 1.86. The molecule has 9 heavy (non-hydrogen) atoms. The van der Waals surface area contributed by atoms with Crippen LogP contribution in [0.4, 0.5) is 0 Å². The lowest BCUT2D eigenvalue weighted by Gasteiger charge is -2.26. The predicted octanol–water partition coefficient (Wildman–Crippen LogP) is 2.00. The molecule has 0 aliphatic carbocycles. The van der Waals surface area contributed by atoms with E-state index in [2.05, 4.69) is 6.92 Å². The minimum Gasteiger partial charge on any atom is -0.785 e. The van der Waals surface area contributed by atoms with Crippen LogP contribution in [0.3, 0.4) is 0 Å². The second-order valence-corrected chi connectivity index (χ2v) is 2.28. The van der Waals surface area contributed by atoms with Gasteiger partial charge in [0.15, 0.2) is 0 Å². The lowest BCUT2D eigenvalue weighted by atomic mass is 10.3. The highest BCUT2D eigenvalue weighted by Crippen LogP contribution is 1.92. The van der Waals surface area contributed by atoms with Crippen LogP contribution in [0.25, 0.3) is 0 Å². The van der Waals surface area contributed by atoms with E-state index in [1.807, 2.05) is 6.92 Å². The fraction of sp³-hybridized carbons (Fsp3) is 1.00. The van der Waals surface area contributed by atoms with Gasteiger partial charge in [-0.15, -0.1) is 0 Å². The molecule has 2 nitrogen and oxygen atoms in total. The third-order valence-electron chi connectivity index (χ3n) is 1.23. The Balaban J connectivity index is 2.95. The first-order chi connectivity index (χ1) is 4.31. The average Bonchev–Trinajstić information content (AvgIpc) is 1.85. The molecule has 0 saturated heterocycles. The van der Waals surface area contributed by atoms with E-state index < -0.39 is 0 Å². The smallest absolute Gasteiger partial charge is 0.0145 e. The van der Waals surface area contributed by atoms with E-state index in [0.717, 1.165) is 24.3 Å². The van der Waals surface area contributed by atoms with E-state index in [1.165, 1.54) is 0 Å². The Kier molecular flexibility index (Phi) is 5.99. The zero-order chi connectivity index (χ0) is 7.11. The summed E-state index contributed by atoms with van der Waals surface area (Å²) >= 11 is 0. The van der Waals surface area contributed by atoms with Crippen molar-refractivity contribution in [3.8, 4) is 0 Å². The minimum absolute atomic E-state index is 0.694. The molecule has 0 unspecified atom stereocenters. The van der Waals surface area contributed by atoms with Gasteiger partial charge >= 0.3 is 0 Å². The molecule has 0 aromatic heterocycles. The van der Waals surface area contributed by atoms with Crippen molar-refractivity contribution in [1.29, 1.82) is 0 Å². The number of unbranched alkanes of at least 4 members (excludes halogenated alkanes) is 1. The third-order valence-corrected chi connectivity index (χ3v) is 1.23. The standard InChI is InChI=1S/C7H16NO/c1-3-5-7-8(9)6-4-2/h3-7H2,1-2H3/q-1. The number of hydrogen-bond acceptors (Lipinski definition) is 2. The first-order valence-corrected chi connectivity index (χ1v) is 3.73. The van der Waals surface area contributed by atoms with Gasteiger partial charge in [-0.1, -0.05) is 20.3 Å². The molecule has 56 valence electrons. The van der Waals surface area contributed by atoms with Crippen molar-refractivity contribution in [2.24, 2.45) is 0 Å². The summed E-state index contributed by atoms with van der Waals surface area (Å²) in [5, 5.41) is 11.9. The maximum absolute atomic E-state index is 10.7. The normalized spacial score (nSPS) is 10.7. The topological polar surface area (TPSA) is 26.3 Å². The van der Waals surface area contributed by atoms with Crippen molar-refractivity contribution in [2.45, 2.75) is 33.1 Å². The van der Waals surface area contributed by atoms with E-state index in [1.54, 1.807) is 0 Å². The fourth-order valence-corrected chi connectivity index (χ4v) is 0.696. The molecule has 0 N–H and O–H groups in total. The summed E-state index contributed by atoms with van der Waals surface area (Å²) in [7, 11) is 0. The maximum Gasteiger partial charge on any atom is -0.0145 e. The quantitative estimate of drug-likeness (QED) is 0.532. The van der Waals surface area contributed by atoms with Gasteiger partial charge in [-0.3, -0.25) is 0 Å². The third kappa shape index (κ3) is 5.80. The van der Waals surface area contributed by atoms with Crippen LogP contribution < -0.4 is 0 Å². The maximum atomic E-state index is 10.7. The van der Waals surface area contributed by atoms with Crippen LogP contribution >= 0.6 is 0 Å². The Morgan fingerprint density at radius 2 is 1.78 bits per heavy atom. The molecule has 0 radical (unpaired) electrons. The number of hydroxylamine groups is 2. The number of hydrogen-bond donors (Lipinski definition) is 0. The largest absolute Gasteiger partial charge is 0.785 e. The van der Waals surface area contributed by atoms with Gasteiger partial charge in [0, 0.05) is 0 Å². The highest BCUT2D eigenvalue weighted by atomic mass is 16.5. The summed E-state index contributed by atoms with van der Waals surface area (Å²) in [4.78, 5) is 0. The van der Waals surface area contributed by atoms with Gasteiger partial charge in [0.2, 0.25) is 0 Å². The number of nitrogens with zero attached hydrogens (tertiary/aromatic N) is 1. The van der Waals surface area contributed by atoms with Gasteiger partial charge in [0.25, 0.3) is 0 Å². The second kappa shape index (κ2) is 6.05. The fourth-order valence-electron chi connectivity index (χ4n) is 0.696. The molecule has 0 rings (SSSR count). The summed E-state index contributed by atoms with van der Waals surface area (Å²) in [5.74, 6) is 0. The van der Waals surface area contributed by atoms with Gasteiger partial charge < -0.3 is 10.3 Å². The van der Waals surface area contributed by atoms with Crippen LogP contribution in [0, 0.1) is 5.21 Å². The lowest BCUT2D eigenvalue weighted by molar-refractivity contribution is 0.369. The van der Waals surface area contributed by atoms with Crippen LogP contribution in [0.15, 0.2) is 0 Å². The van der Waals surface area contributed by atoms with Crippen molar-refractivity contribution in [3.63, 3.8) is 0 Å². The number of rotatable bonds is 5. The van der Waals surface area contributed by atoms with Crippen LogP contribution in [0.2, 0.25) is 0 Å². The van der Waals surface area contributed by atoms with Gasteiger partial charge in [0.05, 0.1) is 0 Å². The van der Waals surface area contributed by atoms with Crippen molar-refractivity contribution in [1.82, 2.24) is 5.06 Å². The molecule has 0 aliphatic heterocycles. The van der Waals surface area contributed by atoms with E-state index >= 15 is 0 Å². The van der Waals surface area contributed by atoms with E-state index in [9.17, 15) is 5.21 Å². The van der Waals surface area contributed by atoms with E-state index in [-0.39, 0.29) is 0 Å². The summed E-state index contributed by atoms with van der Waals surface area (Å²) in [6, 6.07) is 0. The Bertz CT molecular complexity index is 56.9. The van der Waals surface area contributed by atoms with Crippen LogP contribution in [-0.2, 0) is 0 Å². The molecule has 0 atom stereocenters. The first-order valence-electron chi connectivity index (χ1n) is 3.73. The summed E-state index contributed by atoms with van der Waals surface area (Å²) < 4.78 is 0. The monoisotopic (exact) mass is 130 g/mol. The molecule has 0 amide bonds. The summed E-state index contributed by atoms with van der Waals surface area (Å²) in [6.07, 6.45) is 3.11. The SMILES string of the molecule is CCCCN([O-])CCC. The Hall–Kier alpha value is -0.0800. The Morgan fingerprint density at radius 1 is 1.11 bits per heavy atom. The molecule has 0 aliphatic rings. The molecular formula is C7H16NO-. The summed E-state index contributed by atoms with van der Waals surface area (Å²) in [5.41, 5.74) is 0. The Labute approximate surface area is 57.4 Å². The van der Waals surface area contributed by atoms with Crippen molar-refractivity contribution in [3.05, 3.63) is 5.21 Å². The van der Waals surface area contributed by atoms with Crippen molar-refractivity contribution >= 4 is 0 Å². The average molecular weight is 130 g/mol. The van der Waals surface area contributed by atoms with Crippen LogP contribution in [0.5, 0.6) is 0 Å². The predicted molar refractivity (Wildman–Crippen MR) is 40.1 cm³/mol. The van der Waals surface area contributed by atoms with Gasteiger partial charge in [0.1, 0.15) is 0 Å². The van der Waals surface area contributed by atoms with Crippen LogP contribution in [0.1, 0.15) is 33.1 Å².